The molecule has 6 rings (SSSR count). The van der Waals surface area contributed by atoms with Crippen LogP contribution in [-0.2, 0) is 9.84 Å². The summed E-state index contributed by atoms with van der Waals surface area (Å²) >= 11 is 0. The van der Waals surface area contributed by atoms with Gasteiger partial charge in [0.1, 0.15) is 11.0 Å². The third-order valence-corrected chi connectivity index (χ3v) is 8.07. The van der Waals surface area contributed by atoms with Crippen LogP contribution in [0.25, 0.3) is 16.8 Å². The molecule has 4 aliphatic heterocycles. The van der Waals surface area contributed by atoms with Crippen molar-refractivity contribution in [1.82, 2.24) is 16.6 Å². The van der Waals surface area contributed by atoms with E-state index in [1.807, 2.05) is 36.4 Å². The number of rotatable bonds is 3. The summed E-state index contributed by atoms with van der Waals surface area (Å²) in [6.45, 7) is 0. The van der Waals surface area contributed by atoms with Crippen molar-refractivity contribution in [2.24, 2.45) is 30.6 Å². The van der Waals surface area contributed by atoms with Gasteiger partial charge in [-0.3, -0.25) is 0 Å². The lowest BCUT2D eigenvalue weighted by Crippen LogP contribution is -2.30. The van der Waals surface area contributed by atoms with Gasteiger partial charge in [-0.15, -0.1) is 0 Å². The van der Waals surface area contributed by atoms with Crippen LogP contribution in [0.4, 0.5) is 0 Å². The van der Waals surface area contributed by atoms with Crippen LogP contribution in [0.5, 0.6) is 0 Å². The Morgan fingerprint density at radius 2 is 1.41 bits per heavy atom. The van der Waals surface area contributed by atoms with E-state index < -0.39 is 15.1 Å². The van der Waals surface area contributed by atoms with Gasteiger partial charge in [-0.2, -0.15) is 47.2 Å². The summed E-state index contributed by atoms with van der Waals surface area (Å²) < 4.78 is 28.7. The summed E-state index contributed by atoms with van der Waals surface area (Å²) in [7, 11) is -4.05. The molecule has 1 unspecified atom stereocenters. The fourth-order valence-electron chi connectivity index (χ4n) is 4.51. The minimum Gasteiger partial charge on any atom is -0.223 e. The number of benzene rings is 2. The molecule has 0 bridgehead atoms. The number of sulfone groups is 1. The largest absolute Gasteiger partial charge is 0.223 e. The molecular weight excluding hydrogens is 490 g/mol. The maximum atomic E-state index is 14.4. The van der Waals surface area contributed by atoms with Gasteiger partial charge < -0.3 is 0 Å². The fraction of sp³-hybridized carbons (Fsp3) is 0.0400. The molecule has 0 amide bonds. The number of hydrazone groups is 6. The van der Waals surface area contributed by atoms with Crippen LogP contribution < -0.4 is 16.6 Å². The van der Waals surface area contributed by atoms with E-state index in [1.54, 1.807) is 42.7 Å². The van der Waals surface area contributed by atoms with Gasteiger partial charge in [0.2, 0.25) is 0 Å². The van der Waals surface area contributed by atoms with E-state index >= 15 is 0 Å². The lowest BCUT2D eigenvalue weighted by molar-refractivity contribution is 0.599. The maximum Gasteiger partial charge on any atom is 0.193 e. The van der Waals surface area contributed by atoms with E-state index in [4.69, 9.17) is 0 Å². The van der Waals surface area contributed by atoms with Crippen molar-refractivity contribution in [3.8, 4) is 0 Å². The molecule has 4 heterocycles. The Morgan fingerprint density at radius 3 is 2.19 bits per heavy atom. The van der Waals surface area contributed by atoms with Crippen LogP contribution in [0.3, 0.4) is 0 Å². The van der Waals surface area contributed by atoms with Gasteiger partial charge in [0.05, 0.1) is 16.3 Å². The van der Waals surface area contributed by atoms with Crippen LogP contribution in [0, 0.1) is 0 Å². The minimum absolute atomic E-state index is 0.0547. The molecule has 12 heteroatoms. The predicted octanol–water partition coefficient (Wildman–Crippen LogP) is 2.50. The zero-order valence-corrected chi connectivity index (χ0v) is 20.0. The van der Waals surface area contributed by atoms with Gasteiger partial charge in [-0.1, -0.05) is 30.3 Å². The molecule has 0 aliphatic carbocycles. The zero-order valence-electron chi connectivity index (χ0n) is 19.1. The molecule has 11 nitrogen and oxygen atoms in total. The minimum atomic E-state index is -4.05. The molecule has 182 valence electrons. The van der Waals surface area contributed by atoms with Crippen molar-refractivity contribution in [2.75, 3.05) is 0 Å². The number of nitrogens with zero attached hydrogens (tertiary/aromatic N) is 6. The van der Waals surface area contributed by atoms with Crippen molar-refractivity contribution in [3.05, 3.63) is 88.4 Å². The average molecular weight is 510 g/mol. The molecule has 3 N–H and O–H groups in total. The number of allylic oxidation sites excluding steroid dienone is 7. The molecule has 0 aromatic heterocycles. The van der Waals surface area contributed by atoms with Crippen LogP contribution in [0.2, 0.25) is 0 Å². The first-order valence-corrected chi connectivity index (χ1v) is 12.8. The number of nitrogens with one attached hydrogen (secondary N) is 3. The third-order valence-electron chi connectivity index (χ3n) is 6.03. The molecule has 0 saturated carbocycles. The Bertz CT molecular complexity index is 1720. The summed E-state index contributed by atoms with van der Waals surface area (Å²) in [5.74, 6) is 0. The monoisotopic (exact) mass is 509 g/mol. The average Bonchev–Trinajstić information content (AvgIpc) is 3.44. The Kier molecular flexibility index (Phi) is 5.62. The summed E-state index contributed by atoms with van der Waals surface area (Å²) in [5.41, 5.74) is 11.0. The molecule has 0 saturated heterocycles. The standard InChI is InChI=1S/C25H19N9O2S/c35-37(36)22(20-8-3-13-27-33-30-20)15-17-11-10-16-5-1-6-18(19-7-2-12-26-32-29-19)23(16)24(17)25(37)21-9-4-14-28-34-31-21/h1-15,25,32-34H. The van der Waals surface area contributed by atoms with E-state index in [2.05, 4.69) is 47.2 Å². The van der Waals surface area contributed by atoms with Crippen LogP contribution in [-0.4, -0.2) is 44.2 Å². The normalized spacial score (nSPS) is 21.2. The van der Waals surface area contributed by atoms with E-state index in [0.29, 0.717) is 11.3 Å². The second-order valence-electron chi connectivity index (χ2n) is 8.15. The van der Waals surface area contributed by atoms with Crippen molar-refractivity contribution in [1.29, 1.82) is 0 Å². The Morgan fingerprint density at radius 1 is 0.730 bits per heavy atom. The highest BCUT2D eigenvalue weighted by molar-refractivity contribution is 7.97. The molecule has 0 spiro atoms. The molecule has 2 aromatic rings. The van der Waals surface area contributed by atoms with E-state index in [1.165, 1.54) is 12.4 Å². The first-order chi connectivity index (χ1) is 18.1. The molecule has 4 aliphatic rings. The van der Waals surface area contributed by atoms with Gasteiger partial charge in [0.15, 0.2) is 9.84 Å². The number of hydrogen-bond donors (Lipinski definition) is 3. The first kappa shape index (κ1) is 22.5. The van der Waals surface area contributed by atoms with E-state index in [0.717, 1.165) is 21.9 Å². The smallest absolute Gasteiger partial charge is 0.193 e. The number of hydrogen-bond acceptors (Lipinski definition) is 11. The van der Waals surface area contributed by atoms with Crippen molar-refractivity contribution < 1.29 is 8.42 Å². The maximum absolute atomic E-state index is 14.4. The first-order valence-electron chi connectivity index (χ1n) is 11.2. The quantitative estimate of drug-likeness (QED) is 0.582. The molecule has 2 aromatic carbocycles. The Balaban J connectivity index is 1.68. The highest BCUT2D eigenvalue weighted by Gasteiger charge is 2.42. The SMILES string of the molecule is O=S1(=O)C(C2=NNN=CC=C2)=Cc2ccc3cccc(C4=NNN=CC=C4)c3c2C1C1=NNN=CC=C1. The van der Waals surface area contributed by atoms with Gasteiger partial charge in [-0.05, 0) is 64.4 Å². The predicted molar refractivity (Wildman–Crippen MR) is 147 cm³/mol. The Labute approximate surface area is 211 Å². The molecular formula is C25H19N9O2S. The van der Waals surface area contributed by atoms with Crippen LogP contribution >= 0.6 is 0 Å². The Hall–Kier alpha value is -4.97. The van der Waals surface area contributed by atoms with Crippen molar-refractivity contribution in [3.63, 3.8) is 0 Å². The molecule has 0 fully saturated rings. The van der Waals surface area contributed by atoms with Crippen LogP contribution in [0.15, 0.2) is 102 Å². The lowest BCUT2D eigenvalue weighted by Gasteiger charge is -2.28. The van der Waals surface area contributed by atoms with E-state index in [9.17, 15) is 8.42 Å². The zero-order chi connectivity index (χ0) is 25.2. The highest BCUT2D eigenvalue weighted by atomic mass is 32.2. The molecule has 37 heavy (non-hydrogen) atoms. The molecule has 0 radical (unpaired) electrons. The summed E-state index contributed by atoms with van der Waals surface area (Å²) in [5, 5.41) is 25.1. The second kappa shape index (κ2) is 9.24. The summed E-state index contributed by atoms with van der Waals surface area (Å²) in [4.78, 5) is 0.0547. The summed E-state index contributed by atoms with van der Waals surface area (Å²) in [6.07, 6.45) is 16.3. The molecule has 1 atom stereocenters. The summed E-state index contributed by atoms with van der Waals surface area (Å²) in [6, 6.07) is 9.63. The second-order valence-corrected chi connectivity index (χ2v) is 10.1. The third kappa shape index (κ3) is 3.98. The van der Waals surface area contributed by atoms with E-state index in [-0.39, 0.29) is 16.3 Å². The van der Waals surface area contributed by atoms with Gasteiger partial charge in [-0.25, -0.2) is 8.42 Å². The highest BCUT2D eigenvalue weighted by Crippen LogP contribution is 2.44. The number of fused-ring (bicyclic) bond motifs is 3. The van der Waals surface area contributed by atoms with Gasteiger partial charge in [0.25, 0.3) is 0 Å². The van der Waals surface area contributed by atoms with Crippen LogP contribution in [0.1, 0.15) is 21.9 Å². The fourth-order valence-corrected chi connectivity index (χ4v) is 6.48. The lowest BCUT2D eigenvalue weighted by atomic mass is 9.89. The van der Waals surface area contributed by atoms with Crippen molar-refractivity contribution >= 4 is 62.5 Å². The van der Waals surface area contributed by atoms with Gasteiger partial charge in [0, 0.05) is 24.2 Å². The van der Waals surface area contributed by atoms with Gasteiger partial charge >= 0.3 is 0 Å². The topological polar surface area (TPSA) is 144 Å². The van der Waals surface area contributed by atoms with Crippen molar-refractivity contribution in [2.45, 2.75) is 5.25 Å².